The molecule has 1 amide bonds. The fourth-order valence-corrected chi connectivity index (χ4v) is 7.47. The zero-order chi connectivity index (χ0) is 18.8. The van der Waals surface area contributed by atoms with E-state index in [9.17, 15) is 9.90 Å². The molecule has 1 aliphatic heterocycles. The first-order valence-corrected chi connectivity index (χ1v) is 10.9. The van der Waals surface area contributed by atoms with Gasteiger partial charge >= 0.3 is 0 Å². The van der Waals surface area contributed by atoms with Crippen LogP contribution < -0.4 is 0 Å². The van der Waals surface area contributed by atoms with Crippen LogP contribution in [-0.2, 0) is 11.2 Å². The first-order valence-electron chi connectivity index (χ1n) is 10.6. The Morgan fingerprint density at radius 2 is 1.85 bits per heavy atom. The zero-order valence-electron chi connectivity index (χ0n) is 16.2. The molecule has 6 rings (SSSR count). The fraction of sp³-hybridized carbons (Fsp3) is 0.696. The number of aliphatic hydroxyl groups excluding tert-OH is 1. The molecule has 1 aromatic carbocycles. The molecule has 2 unspecified atom stereocenters. The highest BCUT2D eigenvalue weighted by Gasteiger charge is 2.61. The highest BCUT2D eigenvalue weighted by atomic mass is 35.5. The molecule has 5 fully saturated rings. The van der Waals surface area contributed by atoms with Crippen LogP contribution in [-0.4, -0.2) is 35.1 Å². The Morgan fingerprint density at radius 3 is 2.44 bits per heavy atom. The Kier molecular flexibility index (Phi) is 4.15. The molecule has 5 aliphatic rings. The lowest BCUT2D eigenvalue weighted by Crippen LogP contribution is -2.60. The summed E-state index contributed by atoms with van der Waals surface area (Å²) in [5.41, 5.74) is 1.73. The van der Waals surface area contributed by atoms with Gasteiger partial charge in [0.25, 0.3) is 0 Å². The number of nitrogens with zero attached hydrogens (tertiary/aromatic N) is 1. The number of halogens is 1. The van der Waals surface area contributed by atoms with Gasteiger partial charge in [-0.1, -0.05) is 36.7 Å². The van der Waals surface area contributed by atoms with Crippen molar-refractivity contribution >= 4 is 17.5 Å². The topological polar surface area (TPSA) is 40.5 Å². The lowest BCUT2D eigenvalue weighted by atomic mass is 9.40. The third kappa shape index (κ3) is 2.93. The van der Waals surface area contributed by atoms with Gasteiger partial charge in [-0.25, -0.2) is 0 Å². The highest BCUT2D eigenvalue weighted by Crippen LogP contribution is 2.68. The smallest absolute Gasteiger partial charge is 0.223 e. The van der Waals surface area contributed by atoms with Crippen LogP contribution in [0, 0.1) is 28.6 Å². The van der Waals surface area contributed by atoms with Gasteiger partial charge in [0.05, 0.1) is 6.10 Å². The molecule has 4 saturated carbocycles. The van der Waals surface area contributed by atoms with Crippen LogP contribution in [0.15, 0.2) is 24.3 Å². The van der Waals surface area contributed by atoms with Gasteiger partial charge in [0.2, 0.25) is 5.91 Å². The minimum Gasteiger partial charge on any atom is -0.389 e. The van der Waals surface area contributed by atoms with Crippen molar-refractivity contribution in [1.82, 2.24) is 4.90 Å². The molecule has 27 heavy (non-hydrogen) atoms. The summed E-state index contributed by atoms with van der Waals surface area (Å²) < 4.78 is 0. The molecular weight excluding hydrogens is 358 g/mol. The van der Waals surface area contributed by atoms with Crippen molar-refractivity contribution in [3.05, 3.63) is 34.9 Å². The second-order valence-electron chi connectivity index (χ2n) is 10.3. The summed E-state index contributed by atoms with van der Waals surface area (Å²) in [6.45, 7) is 3.50. The first kappa shape index (κ1) is 18.0. The van der Waals surface area contributed by atoms with E-state index in [0.717, 1.165) is 17.4 Å². The summed E-state index contributed by atoms with van der Waals surface area (Å²) in [6, 6.07) is 8.19. The number of likely N-dealkylation sites (tertiary alicyclic amines) is 1. The van der Waals surface area contributed by atoms with Gasteiger partial charge in [-0.05, 0) is 78.7 Å². The van der Waals surface area contributed by atoms with Crippen LogP contribution in [0.5, 0.6) is 0 Å². The van der Waals surface area contributed by atoms with Gasteiger partial charge in [0, 0.05) is 24.5 Å². The molecule has 1 N–H and O–H groups in total. The Labute approximate surface area is 167 Å². The molecule has 4 heteroatoms. The Hall–Kier alpha value is -1.06. The Bertz CT molecular complexity index is 741. The summed E-state index contributed by atoms with van der Waals surface area (Å²) >= 11 is 6.56. The quantitative estimate of drug-likeness (QED) is 0.836. The summed E-state index contributed by atoms with van der Waals surface area (Å²) in [4.78, 5) is 15.0. The number of carbonyl (C=O) groups excluding carboxylic acids is 1. The zero-order valence-corrected chi connectivity index (χ0v) is 16.9. The predicted molar refractivity (Wildman–Crippen MR) is 106 cm³/mol. The van der Waals surface area contributed by atoms with E-state index >= 15 is 0 Å². The van der Waals surface area contributed by atoms with E-state index in [2.05, 4.69) is 19.1 Å². The molecular formula is C23H30ClNO2. The second-order valence-corrected chi connectivity index (χ2v) is 10.7. The van der Waals surface area contributed by atoms with E-state index in [4.69, 9.17) is 11.6 Å². The van der Waals surface area contributed by atoms with Gasteiger partial charge in [-0.3, -0.25) is 4.79 Å². The summed E-state index contributed by atoms with van der Waals surface area (Å²) in [5, 5.41) is 10.5. The fourth-order valence-electron chi connectivity index (χ4n) is 7.27. The van der Waals surface area contributed by atoms with Crippen LogP contribution in [0.2, 0.25) is 5.02 Å². The van der Waals surface area contributed by atoms with Crippen molar-refractivity contribution in [2.45, 2.75) is 58.0 Å². The number of amides is 1. The number of benzene rings is 1. The molecule has 1 saturated heterocycles. The standard InChI is InChI=1S/C23H30ClNO2/c1-22-8-15-6-17(10-22)23(18(7-15)11-22,9-16-4-2-3-5-20(16)24)12-21(27)25-13-19(26)14-25/h2-5,15,17-19,26H,6-14H2,1H3. The molecule has 4 bridgehead atoms. The maximum Gasteiger partial charge on any atom is 0.223 e. The number of hydrogen-bond acceptors (Lipinski definition) is 2. The largest absolute Gasteiger partial charge is 0.389 e. The van der Waals surface area contributed by atoms with Crippen LogP contribution in [0.25, 0.3) is 0 Å². The third-order valence-corrected chi connectivity index (χ3v) is 8.66. The monoisotopic (exact) mass is 387 g/mol. The molecule has 0 spiro atoms. The minimum absolute atomic E-state index is 0.0407. The molecule has 2 atom stereocenters. The molecule has 146 valence electrons. The van der Waals surface area contributed by atoms with Crippen molar-refractivity contribution in [3.63, 3.8) is 0 Å². The van der Waals surface area contributed by atoms with Crippen molar-refractivity contribution in [2.24, 2.45) is 28.6 Å². The van der Waals surface area contributed by atoms with Crippen LogP contribution in [0.1, 0.15) is 51.0 Å². The lowest BCUT2D eigenvalue weighted by Gasteiger charge is -2.65. The summed E-state index contributed by atoms with van der Waals surface area (Å²) in [7, 11) is 0. The number of hydrogen-bond donors (Lipinski definition) is 1. The number of aliphatic hydroxyl groups is 1. The lowest BCUT2D eigenvalue weighted by molar-refractivity contribution is -0.169. The molecule has 4 aliphatic carbocycles. The van der Waals surface area contributed by atoms with E-state index in [-0.39, 0.29) is 17.4 Å². The first-order chi connectivity index (χ1) is 12.9. The third-order valence-electron chi connectivity index (χ3n) is 8.29. The van der Waals surface area contributed by atoms with E-state index in [0.29, 0.717) is 36.8 Å². The molecule has 1 heterocycles. The van der Waals surface area contributed by atoms with E-state index < -0.39 is 0 Å². The van der Waals surface area contributed by atoms with E-state index in [1.54, 1.807) is 0 Å². The van der Waals surface area contributed by atoms with E-state index in [1.165, 1.54) is 37.7 Å². The number of β-amino-alcohol motifs (C(OH)–C–C–N with tert-alkyl or cyclic N) is 1. The van der Waals surface area contributed by atoms with Gasteiger partial charge < -0.3 is 10.0 Å². The van der Waals surface area contributed by atoms with Crippen LogP contribution >= 0.6 is 11.6 Å². The van der Waals surface area contributed by atoms with Crippen LogP contribution in [0.4, 0.5) is 0 Å². The van der Waals surface area contributed by atoms with Gasteiger partial charge in [0.15, 0.2) is 0 Å². The van der Waals surface area contributed by atoms with Gasteiger partial charge in [-0.15, -0.1) is 0 Å². The van der Waals surface area contributed by atoms with Crippen molar-refractivity contribution in [2.75, 3.05) is 13.1 Å². The molecule has 0 aromatic heterocycles. The van der Waals surface area contributed by atoms with Crippen LogP contribution in [0.3, 0.4) is 0 Å². The average molecular weight is 388 g/mol. The van der Waals surface area contributed by atoms with E-state index in [1.807, 2.05) is 17.0 Å². The Morgan fingerprint density at radius 1 is 1.19 bits per heavy atom. The molecule has 3 nitrogen and oxygen atoms in total. The van der Waals surface area contributed by atoms with Gasteiger partial charge in [0.1, 0.15) is 0 Å². The van der Waals surface area contributed by atoms with Crippen molar-refractivity contribution in [3.8, 4) is 0 Å². The van der Waals surface area contributed by atoms with Crippen molar-refractivity contribution < 1.29 is 9.90 Å². The second kappa shape index (κ2) is 6.22. The number of carbonyl (C=O) groups is 1. The average Bonchev–Trinajstić information content (AvgIpc) is 2.57. The summed E-state index contributed by atoms with van der Waals surface area (Å²) in [6.07, 6.45) is 7.70. The Balaban J connectivity index is 1.48. The normalized spacial score (nSPS) is 40.3. The minimum atomic E-state index is -0.328. The maximum atomic E-state index is 13.1. The molecule has 1 aromatic rings. The highest BCUT2D eigenvalue weighted by molar-refractivity contribution is 6.31. The number of rotatable bonds is 4. The summed E-state index contributed by atoms with van der Waals surface area (Å²) in [5.74, 6) is 2.35. The maximum absolute atomic E-state index is 13.1. The molecule has 0 radical (unpaired) electrons. The predicted octanol–water partition coefficient (Wildman–Crippen LogP) is 4.31. The van der Waals surface area contributed by atoms with Gasteiger partial charge in [-0.2, -0.15) is 0 Å². The van der Waals surface area contributed by atoms with Crippen molar-refractivity contribution in [1.29, 1.82) is 0 Å². The SMILES string of the molecule is CC12CC3CC(C1)C(CC(=O)N1CC(O)C1)(Cc1ccccc1Cl)C(C3)C2.